The van der Waals surface area contributed by atoms with Crippen molar-refractivity contribution in [2.45, 2.75) is 12.3 Å². The Balaban J connectivity index is 2.52. The van der Waals surface area contributed by atoms with Crippen molar-refractivity contribution >= 4 is 17.4 Å². The number of ether oxygens (including phenoxy) is 2. The van der Waals surface area contributed by atoms with Gasteiger partial charge in [0.1, 0.15) is 0 Å². The molecule has 1 rings (SSSR count). The Kier molecular flexibility index (Phi) is 5.96. The van der Waals surface area contributed by atoms with Gasteiger partial charge in [-0.15, -0.1) is 11.6 Å². The van der Waals surface area contributed by atoms with Crippen LogP contribution in [0, 0.1) is 0 Å². The van der Waals surface area contributed by atoms with E-state index in [-0.39, 0.29) is 5.38 Å². The first-order valence-corrected chi connectivity index (χ1v) is 5.66. The van der Waals surface area contributed by atoms with Gasteiger partial charge in [0.15, 0.2) is 11.6 Å². The molecule has 4 nitrogen and oxygen atoms in total. The predicted molar refractivity (Wildman–Crippen MR) is 65.4 cm³/mol. The Morgan fingerprint density at radius 1 is 1.56 bits per heavy atom. The lowest BCUT2D eigenvalue weighted by Crippen LogP contribution is -2.19. The lowest BCUT2D eigenvalue weighted by Gasteiger charge is -2.13. The van der Waals surface area contributed by atoms with E-state index >= 15 is 0 Å². The minimum Gasteiger partial charge on any atom is -0.490 e. The molecule has 0 aliphatic heterocycles. The molecule has 0 bridgehead atoms. The number of aromatic nitrogens is 1. The smallest absolute Gasteiger partial charge is 0.168 e. The van der Waals surface area contributed by atoms with Crippen LogP contribution in [-0.2, 0) is 4.74 Å². The molecule has 0 aliphatic rings. The minimum atomic E-state index is -0.0820. The molecule has 1 heterocycles. The topological polar surface area (TPSA) is 43.4 Å². The van der Waals surface area contributed by atoms with Crippen LogP contribution >= 0.6 is 11.6 Å². The number of anilines is 1. The maximum absolute atomic E-state index is 6.00. The lowest BCUT2D eigenvalue weighted by molar-refractivity contribution is 0.200. The van der Waals surface area contributed by atoms with Crippen molar-refractivity contribution < 1.29 is 9.47 Å². The van der Waals surface area contributed by atoms with E-state index in [0.717, 1.165) is 5.75 Å². The highest BCUT2D eigenvalue weighted by Gasteiger charge is 2.07. The number of hydrogen-bond donors (Lipinski definition) is 1. The molecule has 5 heteroatoms. The van der Waals surface area contributed by atoms with Crippen LogP contribution in [0.5, 0.6) is 5.75 Å². The number of hydrogen-bond acceptors (Lipinski definition) is 4. The fraction of sp³-hybridized carbons (Fsp3) is 0.545. The summed E-state index contributed by atoms with van der Waals surface area (Å²) in [7, 11) is 1.63. The molecular formula is C11H17ClN2O2. The number of alkyl halides is 1. The average Bonchev–Trinajstić information content (AvgIpc) is 2.29. The zero-order valence-corrected chi connectivity index (χ0v) is 10.3. The monoisotopic (exact) mass is 244 g/mol. The van der Waals surface area contributed by atoms with Gasteiger partial charge in [-0.2, -0.15) is 0 Å². The first-order chi connectivity index (χ1) is 7.77. The largest absolute Gasteiger partial charge is 0.490 e. The zero-order valence-electron chi connectivity index (χ0n) is 9.57. The van der Waals surface area contributed by atoms with Crippen LogP contribution in [0.4, 0.5) is 5.82 Å². The quantitative estimate of drug-likeness (QED) is 0.747. The first kappa shape index (κ1) is 13.1. The van der Waals surface area contributed by atoms with Crippen molar-refractivity contribution in [3.05, 3.63) is 18.3 Å². The summed E-state index contributed by atoms with van der Waals surface area (Å²) in [6.45, 7) is 3.65. The zero-order chi connectivity index (χ0) is 11.8. The van der Waals surface area contributed by atoms with Crippen LogP contribution in [0.25, 0.3) is 0 Å². The molecule has 16 heavy (non-hydrogen) atoms. The van der Waals surface area contributed by atoms with E-state index in [2.05, 4.69) is 10.3 Å². The highest BCUT2D eigenvalue weighted by molar-refractivity contribution is 6.21. The number of nitrogens with one attached hydrogen (secondary N) is 1. The highest BCUT2D eigenvalue weighted by Crippen LogP contribution is 2.20. The van der Waals surface area contributed by atoms with Crippen LogP contribution in [0.2, 0.25) is 0 Å². The predicted octanol–water partition coefficient (Wildman–Crippen LogP) is 2.15. The van der Waals surface area contributed by atoms with Gasteiger partial charge in [0.25, 0.3) is 0 Å². The number of rotatable bonds is 7. The van der Waals surface area contributed by atoms with Crippen LogP contribution in [0.1, 0.15) is 6.92 Å². The molecule has 0 fully saturated rings. The molecule has 1 unspecified atom stereocenters. The van der Waals surface area contributed by atoms with Gasteiger partial charge in [-0.25, -0.2) is 4.98 Å². The molecule has 0 radical (unpaired) electrons. The number of nitrogens with zero attached hydrogens (tertiary/aromatic N) is 1. The van der Waals surface area contributed by atoms with Crippen LogP contribution in [0.15, 0.2) is 18.3 Å². The summed E-state index contributed by atoms with van der Waals surface area (Å²) >= 11 is 6.00. The van der Waals surface area contributed by atoms with Gasteiger partial charge in [-0.05, 0) is 19.1 Å². The number of methoxy groups -OCH3 is 1. The van der Waals surface area contributed by atoms with Crippen molar-refractivity contribution in [1.29, 1.82) is 0 Å². The first-order valence-electron chi connectivity index (χ1n) is 5.22. The summed E-state index contributed by atoms with van der Waals surface area (Å²) in [6, 6.07) is 3.71. The summed E-state index contributed by atoms with van der Waals surface area (Å²) in [5.41, 5.74) is 0. The van der Waals surface area contributed by atoms with E-state index in [1.54, 1.807) is 13.3 Å². The Labute approximate surface area is 101 Å². The van der Waals surface area contributed by atoms with Gasteiger partial charge in [0.2, 0.25) is 0 Å². The fourth-order valence-corrected chi connectivity index (χ4v) is 1.45. The molecule has 0 aliphatic carbocycles. The molecule has 0 saturated heterocycles. The van der Waals surface area contributed by atoms with Crippen molar-refractivity contribution in [3.63, 3.8) is 0 Å². The molecule has 90 valence electrons. The molecule has 1 N–H and O–H groups in total. The van der Waals surface area contributed by atoms with E-state index in [1.165, 1.54) is 0 Å². The molecule has 0 saturated carbocycles. The Hall–Kier alpha value is -1.00. The molecule has 0 aromatic carbocycles. The lowest BCUT2D eigenvalue weighted by atomic mass is 10.4. The minimum absolute atomic E-state index is 0.0820. The second-order valence-electron chi connectivity index (χ2n) is 3.22. The maximum atomic E-state index is 6.00. The van der Waals surface area contributed by atoms with Gasteiger partial charge in [-0.1, -0.05) is 0 Å². The van der Waals surface area contributed by atoms with Crippen LogP contribution in [0.3, 0.4) is 0 Å². The summed E-state index contributed by atoms with van der Waals surface area (Å²) in [5.74, 6) is 1.46. The van der Waals surface area contributed by atoms with Gasteiger partial charge in [-0.3, -0.25) is 0 Å². The van der Waals surface area contributed by atoms with E-state index < -0.39 is 0 Å². The molecule has 1 atom stereocenters. The van der Waals surface area contributed by atoms with Gasteiger partial charge >= 0.3 is 0 Å². The summed E-state index contributed by atoms with van der Waals surface area (Å²) < 4.78 is 10.4. The standard InChI is InChI=1S/C11H17ClN2O2/c1-3-16-10-5-4-6-13-11(10)14-7-9(12)8-15-2/h4-6,9H,3,7-8H2,1-2H3,(H,13,14). The van der Waals surface area contributed by atoms with Crippen LogP contribution in [-0.4, -0.2) is 37.2 Å². The van der Waals surface area contributed by atoms with Gasteiger partial charge < -0.3 is 14.8 Å². The molecule has 1 aromatic rings. The summed E-state index contributed by atoms with van der Waals surface area (Å²) in [5, 5.41) is 3.05. The van der Waals surface area contributed by atoms with Crippen LogP contribution < -0.4 is 10.1 Å². The van der Waals surface area contributed by atoms with Crippen molar-refractivity contribution in [2.24, 2.45) is 0 Å². The second kappa shape index (κ2) is 7.30. The third-order valence-corrected chi connectivity index (χ3v) is 2.19. The van der Waals surface area contributed by atoms with Crippen molar-refractivity contribution in [2.75, 3.05) is 32.2 Å². The Morgan fingerprint density at radius 2 is 2.38 bits per heavy atom. The fourth-order valence-electron chi connectivity index (χ4n) is 1.24. The summed E-state index contributed by atoms with van der Waals surface area (Å²) in [4.78, 5) is 4.19. The van der Waals surface area contributed by atoms with Crippen molar-refractivity contribution in [1.82, 2.24) is 4.98 Å². The highest BCUT2D eigenvalue weighted by atomic mass is 35.5. The normalized spacial score (nSPS) is 12.2. The Morgan fingerprint density at radius 3 is 3.06 bits per heavy atom. The maximum Gasteiger partial charge on any atom is 0.168 e. The second-order valence-corrected chi connectivity index (χ2v) is 3.83. The molecular weight excluding hydrogens is 228 g/mol. The number of pyridine rings is 1. The Bertz CT molecular complexity index is 310. The SMILES string of the molecule is CCOc1cccnc1NCC(Cl)COC. The van der Waals surface area contributed by atoms with E-state index in [4.69, 9.17) is 21.1 Å². The molecule has 0 amide bonds. The molecule has 1 aromatic heterocycles. The summed E-state index contributed by atoms with van der Waals surface area (Å²) in [6.07, 6.45) is 1.71. The van der Waals surface area contributed by atoms with Gasteiger partial charge in [0, 0.05) is 19.9 Å². The van der Waals surface area contributed by atoms with Crippen molar-refractivity contribution in [3.8, 4) is 5.75 Å². The van der Waals surface area contributed by atoms with E-state index in [1.807, 2.05) is 19.1 Å². The molecule has 0 spiro atoms. The van der Waals surface area contributed by atoms with Gasteiger partial charge in [0.05, 0.1) is 18.6 Å². The van der Waals surface area contributed by atoms with E-state index in [9.17, 15) is 0 Å². The number of halogens is 1. The third kappa shape index (κ3) is 4.24. The van der Waals surface area contributed by atoms with E-state index in [0.29, 0.717) is 25.6 Å². The third-order valence-electron chi connectivity index (χ3n) is 1.91. The average molecular weight is 245 g/mol.